The van der Waals surface area contributed by atoms with E-state index in [-0.39, 0.29) is 23.9 Å². The molecule has 0 aromatic heterocycles. The Labute approximate surface area is 222 Å². The number of esters is 1. The SMILES string of the molecule is CCCCC(C)(F)C(O)C=C[C@H]1CCC(O)[C@@H]1CC/C=C/CCC(=O)OCCCCOc1ccccc1. The summed E-state index contributed by atoms with van der Waals surface area (Å²) in [6, 6.07) is 9.66. The van der Waals surface area contributed by atoms with Gasteiger partial charge in [0.05, 0.1) is 19.3 Å². The number of allylic oxidation sites excluding steroid dienone is 3. The molecule has 1 saturated carbocycles. The smallest absolute Gasteiger partial charge is 0.306 e. The Morgan fingerprint density at radius 1 is 1.14 bits per heavy atom. The van der Waals surface area contributed by atoms with Gasteiger partial charge in [0.2, 0.25) is 0 Å². The highest BCUT2D eigenvalue weighted by Gasteiger charge is 2.34. The maximum absolute atomic E-state index is 14.7. The summed E-state index contributed by atoms with van der Waals surface area (Å²) in [5, 5.41) is 20.7. The molecule has 3 unspecified atom stereocenters. The van der Waals surface area contributed by atoms with Gasteiger partial charge in [-0.1, -0.05) is 62.3 Å². The number of benzene rings is 1. The standard InChI is InChI=1S/C31H47FO5/c1-3-4-22-31(2,32)29(34)21-19-25-18-20-28(33)27(25)16-10-5-6-11-17-30(35)37-24-13-12-23-36-26-14-8-7-9-15-26/h5-9,14-15,19,21,25,27-29,33-34H,3-4,10-13,16-18,20,22-24H2,1-2H3/b6-5+,21-19?/t25-,27-,28?,29?,31?/m1/s1. The highest BCUT2D eigenvalue weighted by molar-refractivity contribution is 5.69. The molecule has 0 aliphatic heterocycles. The molecule has 5 nitrogen and oxygen atoms in total. The Morgan fingerprint density at radius 3 is 2.62 bits per heavy atom. The second-order valence-corrected chi connectivity index (χ2v) is 10.4. The number of carbonyl (C=O) groups is 1. The van der Waals surface area contributed by atoms with Crippen molar-refractivity contribution in [2.24, 2.45) is 11.8 Å². The number of aliphatic hydroxyl groups is 2. The van der Waals surface area contributed by atoms with Gasteiger partial charge >= 0.3 is 5.97 Å². The van der Waals surface area contributed by atoms with Crippen LogP contribution in [0.2, 0.25) is 0 Å². The Bertz CT molecular complexity index is 807. The first-order valence-electron chi connectivity index (χ1n) is 14.0. The number of rotatable bonds is 18. The van der Waals surface area contributed by atoms with Crippen molar-refractivity contribution >= 4 is 5.97 Å². The van der Waals surface area contributed by atoms with Crippen molar-refractivity contribution < 1.29 is 28.9 Å². The van der Waals surface area contributed by atoms with Gasteiger partial charge in [-0.3, -0.25) is 4.79 Å². The number of carbonyl (C=O) groups excluding carboxylic acids is 1. The zero-order chi connectivity index (χ0) is 26.9. The van der Waals surface area contributed by atoms with Gasteiger partial charge < -0.3 is 19.7 Å². The molecule has 2 rings (SSSR count). The Morgan fingerprint density at radius 2 is 1.86 bits per heavy atom. The fourth-order valence-corrected chi connectivity index (χ4v) is 4.74. The minimum atomic E-state index is -1.63. The topological polar surface area (TPSA) is 76.0 Å². The third-order valence-corrected chi connectivity index (χ3v) is 7.18. The fraction of sp³-hybridized carbons (Fsp3) is 0.645. The predicted molar refractivity (Wildman–Crippen MR) is 146 cm³/mol. The number of para-hydroxylation sites is 1. The van der Waals surface area contributed by atoms with Gasteiger partial charge in [0.25, 0.3) is 0 Å². The molecule has 1 aliphatic carbocycles. The van der Waals surface area contributed by atoms with Gasteiger partial charge in [0, 0.05) is 6.42 Å². The number of halogens is 1. The van der Waals surface area contributed by atoms with Crippen LogP contribution in [0.3, 0.4) is 0 Å². The molecule has 0 saturated heterocycles. The van der Waals surface area contributed by atoms with Crippen LogP contribution in [0.25, 0.3) is 0 Å². The molecule has 37 heavy (non-hydrogen) atoms. The zero-order valence-electron chi connectivity index (χ0n) is 22.7. The van der Waals surface area contributed by atoms with Gasteiger partial charge in [0.1, 0.15) is 17.5 Å². The third kappa shape index (κ3) is 12.3. The number of unbranched alkanes of at least 4 members (excludes halogenated alkanes) is 2. The quantitative estimate of drug-likeness (QED) is 0.128. The number of alkyl halides is 1. The van der Waals surface area contributed by atoms with Crippen molar-refractivity contribution in [3.63, 3.8) is 0 Å². The second-order valence-electron chi connectivity index (χ2n) is 10.4. The molecule has 5 atom stereocenters. The maximum atomic E-state index is 14.7. The van der Waals surface area contributed by atoms with Crippen LogP contribution in [0.1, 0.15) is 84.5 Å². The minimum Gasteiger partial charge on any atom is -0.494 e. The second kappa shape index (κ2) is 17.4. The summed E-state index contributed by atoms with van der Waals surface area (Å²) in [4.78, 5) is 11.9. The molecule has 1 aromatic rings. The zero-order valence-corrected chi connectivity index (χ0v) is 22.7. The lowest BCUT2D eigenvalue weighted by molar-refractivity contribution is -0.143. The molecule has 6 heteroatoms. The molecule has 2 N–H and O–H groups in total. The number of hydrogen-bond donors (Lipinski definition) is 2. The van der Waals surface area contributed by atoms with E-state index in [1.54, 1.807) is 6.08 Å². The molecule has 0 radical (unpaired) electrons. The summed E-state index contributed by atoms with van der Waals surface area (Å²) in [5.41, 5.74) is -1.63. The van der Waals surface area contributed by atoms with Crippen LogP contribution in [0.4, 0.5) is 4.39 Å². The summed E-state index contributed by atoms with van der Waals surface area (Å²) in [6.45, 7) is 4.48. The van der Waals surface area contributed by atoms with E-state index in [0.717, 1.165) is 57.1 Å². The summed E-state index contributed by atoms with van der Waals surface area (Å²) >= 11 is 0. The van der Waals surface area contributed by atoms with Crippen LogP contribution in [0.15, 0.2) is 54.6 Å². The van der Waals surface area contributed by atoms with Gasteiger partial charge in [-0.15, -0.1) is 0 Å². The van der Waals surface area contributed by atoms with Crippen molar-refractivity contribution in [2.75, 3.05) is 13.2 Å². The Hall–Kier alpha value is -2.18. The molecule has 208 valence electrons. The largest absolute Gasteiger partial charge is 0.494 e. The van der Waals surface area contributed by atoms with E-state index >= 15 is 0 Å². The van der Waals surface area contributed by atoms with Crippen LogP contribution < -0.4 is 4.74 Å². The van der Waals surface area contributed by atoms with Crippen molar-refractivity contribution in [2.45, 2.75) is 102 Å². The predicted octanol–water partition coefficient (Wildman–Crippen LogP) is 6.73. The highest BCUT2D eigenvalue weighted by Crippen LogP contribution is 2.37. The minimum absolute atomic E-state index is 0.102. The van der Waals surface area contributed by atoms with Crippen LogP contribution in [0, 0.1) is 11.8 Å². The van der Waals surface area contributed by atoms with Gasteiger partial charge in [-0.2, -0.15) is 0 Å². The molecule has 0 bridgehead atoms. The molecule has 1 aliphatic rings. The average Bonchev–Trinajstić information content (AvgIpc) is 3.24. The number of ether oxygens (including phenoxy) is 2. The Balaban J connectivity index is 1.57. The van der Waals surface area contributed by atoms with Crippen LogP contribution in [0.5, 0.6) is 5.75 Å². The van der Waals surface area contributed by atoms with Crippen LogP contribution in [-0.4, -0.2) is 47.3 Å². The molecule has 1 aromatic carbocycles. The van der Waals surface area contributed by atoms with E-state index in [1.165, 1.54) is 6.92 Å². The lowest BCUT2D eigenvalue weighted by Crippen LogP contribution is -2.33. The first-order valence-corrected chi connectivity index (χ1v) is 14.0. The lowest BCUT2D eigenvalue weighted by Gasteiger charge is -2.25. The third-order valence-electron chi connectivity index (χ3n) is 7.18. The fourth-order valence-electron chi connectivity index (χ4n) is 4.74. The van der Waals surface area contributed by atoms with Crippen LogP contribution >= 0.6 is 0 Å². The van der Waals surface area contributed by atoms with Gasteiger partial charge in [0.15, 0.2) is 0 Å². The van der Waals surface area contributed by atoms with Crippen molar-refractivity contribution in [1.29, 1.82) is 0 Å². The normalized spacial score (nSPS) is 22.4. The summed E-state index contributed by atoms with van der Waals surface area (Å²) < 4.78 is 25.6. The van der Waals surface area contributed by atoms with E-state index in [2.05, 4.69) is 6.08 Å². The summed E-state index contributed by atoms with van der Waals surface area (Å²) in [6.07, 6.45) is 13.8. The molecular formula is C31H47FO5. The molecule has 0 amide bonds. The van der Waals surface area contributed by atoms with Crippen molar-refractivity contribution in [3.8, 4) is 5.75 Å². The summed E-state index contributed by atoms with van der Waals surface area (Å²) in [5.74, 6) is 0.905. The molecule has 1 fully saturated rings. The Kier molecular flexibility index (Phi) is 14.6. The number of aliphatic hydroxyl groups excluding tert-OH is 2. The van der Waals surface area contributed by atoms with Crippen LogP contribution in [-0.2, 0) is 9.53 Å². The average molecular weight is 519 g/mol. The first-order chi connectivity index (χ1) is 17.8. The monoisotopic (exact) mass is 518 g/mol. The van der Waals surface area contributed by atoms with Crippen molar-refractivity contribution in [1.82, 2.24) is 0 Å². The summed E-state index contributed by atoms with van der Waals surface area (Å²) in [7, 11) is 0. The molecule has 0 spiro atoms. The van der Waals surface area contributed by atoms with E-state index in [4.69, 9.17) is 9.47 Å². The number of hydrogen-bond acceptors (Lipinski definition) is 5. The first kappa shape index (κ1) is 31.0. The van der Waals surface area contributed by atoms with Gasteiger partial charge in [-0.05, 0) is 82.3 Å². The van der Waals surface area contributed by atoms with E-state index in [9.17, 15) is 19.4 Å². The highest BCUT2D eigenvalue weighted by atomic mass is 19.1. The molecular weight excluding hydrogens is 471 g/mol. The maximum Gasteiger partial charge on any atom is 0.306 e. The van der Waals surface area contributed by atoms with E-state index in [0.29, 0.717) is 32.5 Å². The lowest BCUT2D eigenvalue weighted by atomic mass is 9.88. The van der Waals surface area contributed by atoms with E-state index in [1.807, 2.05) is 49.4 Å². The molecule has 0 heterocycles. The van der Waals surface area contributed by atoms with Crippen molar-refractivity contribution in [3.05, 3.63) is 54.6 Å². The van der Waals surface area contributed by atoms with E-state index < -0.39 is 11.8 Å². The van der Waals surface area contributed by atoms with Gasteiger partial charge in [-0.25, -0.2) is 4.39 Å².